The van der Waals surface area contributed by atoms with Crippen LogP contribution in [0.3, 0.4) is 0 Å². The van der Waals surface area contributed by atoms with Crippen LogP contribution in [0.15, 0.2) is 30.6 Å². The maximum atomic E-state index is 2.20. The van der Waals surface area contributed by atoms with Gasteiger partial charge in [-0.15, -0.1) is 0 Å². The van der Waals surface area contributed by atoms with Gasteiger partial charge in [0.15, 0.2) is 12.4 Å². The van der Waals surface area contributed by atoms with Crippen molar-refractivity contribution in [1.82, 2.24) is 0 Å². The van der Waals surface area contributed by atoms with Crippen molar-refractivity contribution >= 4 is 6.08 Å². The smallest absolute Gasteiger partial charge is 0.169 e. The van der Waals surface area contributed by atoms with Gasteiger partial charge in [0, 0.05) is 12.1 Å². The van der Waals surface area contributed by atoms with Gasteiger partial charge in [-0.1, -0.05) is 26.0 Å². The fraction of sp³-hybridized carbons (Fsp3) is 0.364. The number of hydrogen-bond donors (Lipinski definition) is 0. The first-order chi connectivity index (χ1) is 5.68. The van der Waals surface area contributed by atoms with E-state index in [0.29, 0.717) is 5.92 Å². The quantitative estimate of drug-likeness (QED) is 0.587. The lowest BCUT2D eigenvalue weighted by Gasteiger charge is -1.93. The number of pyridine rings is 1. The zero-order chi connectivity index (χ0) is 8.97. The third-order valence-corrected chi connectivity index (χ3v) is 1.68. The van der Waals surface area contributed by atoms with Gasteiger partial charge in [-0.25, -0.2) is 4.57 Å². The molecule has 1 aromatic heterocycles. The molecule has 0 amide bonds. The highest BCUT2D eigenvalue weighted by Crippen LogP contribution is 2.02. The molecule has 0 unspecified atom stereocenters. The van der Waals surface area contributed by atoms with Gasteiger partial charge in [-0.3, -0.25) is 0 Å². The predicted octanol–water partition coefficient (Wildman–Crippen LogP) is 2.18. The highest BCUT2D eigenvalue weighted by atomic mass is 14.9. The van der Waals surface area contributed by atoms with Crippen LogP contribution in [0.2, 0.25) is 0 Å². The van der Waals surface area contributed by atoms with Gasteiger partial charge in [0.25, 0.3) is 0 Å². The Morgan fingerprint density at radius 1 is 1.25 bits per heavy atom. The highest BCUT2D eigenvalue weighted by molar-refractivity contribution is 5.47. The summed E-state index contributed by atoms with van der Waals surface area (Å²) in [6, 6.07) is 4.22. The summed E-state index contributed by atoms with van der Waals surface area (Å²) in [6.07, 6.45) is 8.47. The normalized spacial score (nSPS) is 11.3. The summed E-state index contributed by atoms with van der Waals surface area (Å²) < 4.78 is 2.03. The minimum atomic E-state index is 0.624. The fourth-order valence-electron chi connectivity index (χ4n) is 0.927. The molecule has 1 aromatic rings. The number of nitrogens with zero attached hydrogens (tertiary/aromatic N) is 1. The third-order valence-electron chi connectivity index (χ3n) is 1.68. The Balaban J connectivity index is 2.71. The van der Waals surface area contributed by atoms with Gasteiger partial charge in [0.2, 0.25) is 0 Å². The standard InChI is InChI=1S/C11H16N/c1-10(2)4-5-11-6-8-12(3)9-7-11/h4-10H,1-3H3/q+1/b5-4+. The van der Waals surface area contributed by atoms with E-state index in [9.17, 15) is 0 Å². The second-order valence-corrected chi connectivity index (χ2v) is 3.40. The molecular weight excluding hydrogens is 146 g/mol. The number of aryl methyl sites for hydroxylation is 1. The maximum Gasteiger partial charge on any atom is 0.169 e. The molecule has 64 valence electrons. The molecule has 12 heavy (non-hydrogen) atoms. The van der Waals surface area contributed by atoms with E-state index >= 15 is 0 Å². The van der Waals surface area contributed by atoms with Crippen LogP contribution in [0.4, 0.5) is 0 Å². The largest absolute Gasteiger partial charge is 0.208 e. The Morgan fingerprint density at radius 2 is 1.83 bits per heavy atom. The minimum Gasteiger partial charge on any atom is -0.208 e. The summed E-state index contributed by atoms with van der Waals surface area (Å²) in [6.45, 7) is 4.36. The topological polar surface area (TPSA) is 3.88 Å². The van der Waals surface area contributed by atoms with Gasteiger partial charge in [-0.05, 0) is 11.5 Å². The van der Waals surface area contributed by atoms with Crippen LogP contribution < -0.4 is 4.57 Å². The van der Waals surface area contributed by atoms with Crippen LogP contribution in [0.1, 0.15) is 19.4 Å². The second kappa shape index (κ2) is 4.05. The molecule has 0 fully saturated rings. The van der Waals surface area contributed by atoms with Gasteiger partial charge in [0.1, 0.15) is 7.05 Å². The molecule has 0 aliphatic carbocycles. The number of aromatic nitrogens is 1. The van der Waals surface area contributed by atoms with Crippen LogP contribution in [-0.2, 0) is 7.05 Å². The lowest BCUT2D eigenvalue weighted by Crippen LogP contribution is -2.25. The summed E-state index contributed by atoms with van der Waals surface area (Å²) in [5.41, 5.74) is 1.27. The van der Waals surface area contributed by atoms with Crippen LogP contribution in [0, 0.1) is 5.92 Å². The molecule has 0 aromatic carbocycles. The number of hydrogen-bond acceptors (Lipinski definition) is 0. The van der Waals surface area contributed by atoms with E-state index in [-0.39, 0.29) is 0 Å². The Hall–Kier alpha value is -1.11. The molecule has 1 heteroatoms. The SMILES string of the molecule is CC(C)/C=C/c1cc[n+](C)cc1. The van der Waals surface area contributed by atoms with Crippen LogP contribution in [0.5, 0.6) is 0 Å². The van der Waals surface area contributed by atoms with E-state index < -0.39 is 0 Å². The van der Waals surface area contributed by atoms with Crippen molar-refractivity contribution in [2.24, 2.45) is 13.0 Å². The van der Waals surface area contributed by atoms with Crippen LogP contribution in [-0.4, -0.2) is 0 Å². The van der Waals surface area contributed by atoms with Crippen molar-refractivity contribution in [3.05, 3.63) is 36.2 Å². The molecule has 0 radical (unpaired) electrons. The zero-order valence-electron chi connectivity index (χ0n) is 7.99. The Kier molecular flexibility index (Phi) is 3.03. The molecular formula is C11H16N+. The maximum absolute atomic E-state index is 2.20. The first-order valence-electron chi connectivity index (χ1n) is 4.32. The summed E-state index contributed by atoms with van der Waals surface area (Å²) in [7, 11) is 2.02. The van der Waals surface area contributed by atoms with Gasteiger partial charge in [-0.2, -0.15) is 0 Å². The van der Waals surface area contributed by atoms with Crippen LogP contribution >= 0.6 is 0 Å². The average molecular weight is 162 g/mol. The summed E-state index contributed by atoms with van der Waals surface area (Å²) in [4.78, 5) is 0. The molecule has 1 heterocycles. The van der Waals surface area contributed by atoms with Crippen molar-refractivity contribution in [2.75, 3.05) is 0 Å². The van der Waals surface area contributed by atoms with Gasteiger partial charge < -0.3 is 0 Å². The third kappa shape index (κ3) is 2.87. The Labute approximate surface area is 74.4 Å². The van der Waals surface area contributed by atoms with Crippen molar-refractivity contribution in [1.29, 1.82) is 0 Å². The molecule has 1 rings (SSSR count). The molecule has 0 bridgehead atoms. The molecule has 0 atom stereocenters. The van der Waals surface area contributed by atoms with E-state index in [1.807, 2.05) is 11.6 Å². The minimum absolute atomic E-state index is 0.624. The van der Waals surface area contributed by atoms with Crippen molar-refractivity contribution in [3.8, 4) is 0 Å². The fourth-order valence-corrected chi connectivity index (χ4v) is 0.927. The van der Waals surface area contributed by atoms with Crippen LogP contribution in [0.25, 0.3) is 6.08 Å². The van der Waals surface area contributed by atoms with E-state index in [4.69, 9.17) is 0 Å². The van der Waals surface area contributed by atoms with E-state index in [1.54, 1.807) is 0 Å². The van der Waals surface area contributed by atoms with Crippen molar-refractivity contribution in [3.63, 3.8) is 0 Å². The average Bonchev–Trinajstić information content (AvgIpc) is 2.03. The number of rotatable bonds is 2. The molecule has 0 spiro atoms. The van der Waals surface area contributed by atoms with E-state index in [2.05, 4.69) is 50.5 Å². The first kappa shape index (κ1) is 8.98. The Bertz CT molecular complexity index is 257. The van der Waals surface area contributed by atoms with E-state index in [1.165, 1.54) is 5.56 Å². The molecule has 0 N–H and O–H groups in total. The van der Waals surface area contributed by atoms with Crippen molar-refractivity contribution < 1.29 is 4.57 Å². The molecule has 0 saturated carbocycles. The first-order valence-corrected chi connectivity index (χ1v) is 4.32. The molecule has 0 aliphatic rings. The number of allylic oxidation sites excluding steroid dienone is 1. The molecule has 0 saturated heterocycles. The monoisotopic (exact) mass is 162 g/mol. The van der Waals surface area contributed by atoms with Crippen molar-refractivity contribution in [2.45, 2.75) is 13.8 Å². The van der Waals surface area contributed by atoms with Gasteiger partial charge >= 0.3 is 0 Å². The summed E-state index contributed by atoms with van der Waals surface area (Å²) >= 11 is 0. The molecule has 1 nitrogen and oxygen atoms in total. The molecule has 0 aliphatic heterocycles. The Morgan fingerprint density at radius 3 is 2.33 bits per heavy atom. The lowest BCUT2D eigenvalue weighted by molar-refractivity contribution is -0.671. The highest BCUT2D eigenvalue weighted by Gasteiger charge is 1.91. The summed E-state index contributed by atoms with van der Waals surface area (Å²) in [5, 5.41) is 0. The summed E-state index contributed by atoms with van der Waals surface area (Å²) in [5.74, 6) is 0.624. The second-order valence-electron chi connectivity index (χ2n) is 3.40. The van der Waals surface area contributed by atoms with E-state index in [0.717, 1.165) is 0 Å². The predicted molar refractivity (Wildman–Crippen MR) is 51.5 cm³/mol. The zero-order valence-corrected chi connectivity index (χ0v) is 7.99. The van der Waals surface area contributed by atoms with Gasteiger partial charge in [0.05, 0.1) is 0 Å². The lowest BCUT2D eigenvalue weighted by atomic mass is 10.1.